The molecule has 0 amide bonds. The predicted octanol–water partition coefficient (Wildman–Crippen LogP) is 3.53. The lowest BCUT2D eigenvalue weighted by Gasteiger charge is -2.31. The Labute approximate surface area is 114 Å². The zero-order valence-corrected chi connectivity index (χ0v) is 11.4. The van der Waals surface area contributed by atoms with Crippen LogP contribution >= 0.6 is 0 Å². The molecule has 0 bridgehead atoms. The third-order valence-corrected chi connectivity index (χ3v) is 4.33. The summed E-state index contributed by atoms with van der Waals surface area (Å²) in [5.74, 6) is -0.149. The molecule has 0 aliphatic carbocycles. The number of hydrogen-bond donors (Lipinski definition) is 0. The van der Waals surface area contributed by atoms with Crippen LogP contribution in [0.1, 0.15) is 43.7 Å². The molecule has 1 aromatic rings. The summed E-state index contributed by atoms with van der Waals surface area (Å²) in [4.78, 5) is 2.52. The smallest absolute Gasteiger partial charge is 0.123 e. The molecule has 0 aromatic heterocycles. The van der Waals surface area contributed by atoms with Crippen LogP contribution in [0.5, 0.6) is 0 Å². The molecule has 3 rings (SSSR count). The maximum Gasteiger partial charge on any atom is 0.123 e. The lowest BCUT2D eigenvalue weighted by molar-refractivity contribution is -0.00806. The van der Waals surface area contributed by atoms with Crippen molar-refractivity contribution in [2.45, 2.75) is 44.2 Å². The van der Waals surface area contributed by atoms with E-state index in [2.05, 4.69) is 4.90 Å². The lowest BCUT2D eigenvalue weighted by atomic mass is 10.0. The van der Waals surface area contributed by atoms with E-state index in [1.165, 1.54) is 37.7 Å². The van der Waals surface area contributed by atoms with E-state index in [0.29, 0.717) is 12.1 Å². The zero-order valence-electron chi connectivity index (χ0n) is 11.4. The Morgan fingerprint density at radius 1 is 1.11 bits per heavy atom. The lowest BCUT2D eigenvalue weighted by Crippen LogP contribution is -2.35. The number of likely N-dealkylation sites (tertiary alicyclic amines) is 1. The molecular weight excluding hydrogens is 241 g/mol. The highest BCUT2D eigenvalue weighted by Crippen LogP contribution is 2.32. The van der Waals surface area contributed by atoms with Gasteiger partial charge in [-0.15, -0.1) is 0 Å². The Hall–Kier alpha value is -0.930. The van der Waals surface area contributed by atoms with Crippen LogP contribution < -0.4 is 0 Å². The van der Waals surface area contributed by atoms with Gasteiger partial charge in [0.15, 0.2) is 0 Å². The van der Waals surface area contributed by atoms with Gasteiger partial charge in [0.1, 0.15) is 5.82 Å². The molecular formula is C16H22FNO. The van der Waals surface area contributed by atoms with Gasteiger partial charge in [-0.3, -0.25) is 4.90 Å². The van der Waals surface area contributed by atoms with Crippen molar-refractivity contribution in [3.05, 3.63) is 35.6 Å². The number of benzene rings is 1. The minimum absolute atomic E-state index is 0.149. The van der Waals surface area contributed by atoms with Crippen LogP contribution in [0.15, 0.2) is 24.3 Å². The number of ether oxygens (including phenoxy) is 1. The summed E-state index contributed by atoms with van der Waals surface area (Å²) in [6, 6.07) is 7.46. The summed E-state index contributed by atoms with van der Waals surface area (Å²) in [5.41, 5.74) is 1.25. The van der Waals surface area contributed by atoms with Crippen LogP contribution in [0.2, 0.25) is 0 Å². The van der Waals surface area contributed by atoms with E-state index >= 15 is 0 Å². The van der Waals surface area contributed by atoms with Gasteiger partial charge in [0, 0.05) is 19.2 Å². The molecule has 2 heterocycles. The fourth-order valence-corrected chi connectivity index (χ4v) is 3.32. The molecule has 2 aliphatic rings. The van der Waals surface area contributed by atoms with Crippen molar-refractivity contribution in [1.82, 2.24) is 4.90 Å². The first-order valence-electron chi connectivity index (χ1n) is 7.44. The Balaban J connectivity index is 1.65. The SMILES string of the molecule is Fc1ccc(C2CCCN2CC2CCCCO2)cc1. The van der Waals surface area contributed by atoms with E-state index < -0.39 is 0 Å². The van der Waals surface area contributed by atoms with Crippen molar-refractivity contribution in [2.75, 3.05) is 19.7 Å². The Morgan fingerprint density at radius 2 is 1.95 bits per heavy atom. The molecule has 0 spiro atoms. The largest absolute Gasteiger partial charge is 0.377 e. The molecule has 104 valence electrons. The van der Waals surface area contributed by atoms with Crippen molar-refractivity contribution < 1.29 is 9.13 Å². The van der Waals surface area contributed by atoms with Crippen molar-refractivity contribution in [3.8, 4) is 0 Å². The van der Waals surface area contributed by atoms with Crippen molar-refractivity contribution >= 4 is 0 Å². The highest BCUT2D eigenvalue weighted by atomic mass is 19.1. The van der Waals surface area contributed by atoms with Crippen molar-refractivity contribution in [3.63, 3.8) is 0 Å². The van der Waals surface area contributed by atoms with E-state index in [0.717, 1.165) is 19.7 Å². The second kappa shape index (κ2) is 6.02. The van der Waals surface area contributed by atoms with E-state index in [4.69, 9.17) is 4.74 Å². The second-order valence-corrected chi connectivity index (χ2v) is 5.69. The van der Waals surface area contributed by atoms with E-state index in [9.17, 15) is 4.39 Å². The molecule has 0 N–H and O–H groups in total. The monoisotopic (exact) mass is 263 g/mol. The molecule has 2 nitrogen and oxygen atoms in total. The maximum atomic E-state index is 13.0. The van der Waals surface area contributed by atoms with Gasteiger partial charge in [-0.25, -0.2) is 4.39 Å². The minimum Gasteiger partial charge on any atom is -0.377 e. The molecule has 2 unspecified atom stereocenters. The first-order chi connectivity index (χ1) is 9.33. The number of halogens is 1. The fraction of sp³-hybridized carbons (Fsp3) is 0.625. The summed E-state index contributed by atoms with van der Waals surface area (Å²) in [6.07, 6.45) is 6.49. The van der Waals surface area contributed by atoms with Gasteiger partial charge in [0.25, 0.3) is 0 Å². The second-order valence-electron chi connectivity index (χ2n) is 5.69. The highest BCUT2D eigenvalue weighted by molar-refractivity contribution is 5.21. The van der Waals surface area contributed by atoms with Gasteiger partial charge in [0.2, 0.25) is 0 Å². The first-order valence-corrected chi connectivity index (χ1v) is 7.44. The van der Waals surface area contributed by atoms with E-state index in [-0.39, 0.29) is 5.82 Å². The molecule has 19 heavy (non-hydrogen) atoms. The predicted molar refractivity (Wildman–Crippen MR) is 73.5 cm³/mol. The van der Waals surface area contributed by atoms with Crippen LogP contribution in [0, 0.1) is 5.82 Å². The van der Waals surface area contributed by atoms with Crippen molar-refractivity contribution in [1.29, 1.82) is 0 Å². The molecule has 1 aromatic carbocycles. The van der Waals surface area contributed by atoms with Gasteiger partial charge in [0.05, 0.1) is 6.10 Å². The molecule has 2 fully saturated rings. The normalized spacial score (nSPS) is 28.7. The van der Waals surface area contributed by atoms with Crippen LogP contribution in [0.4, 0.5) is 4.39 Å². The molecule has 0 saturated carbocycles. The Bertz CT molecular complexity index is 400. The van der Waals surface area contributed by atoms with Gasteiger partial charge in [-0.2, -0.15) is 0 Å². The summed E-state index contributed by atoms with van der Waals surface area (Å²) in [7, 11) is 0. The van der Waals surface area contributed by atoms with E-state index in [1.54, 1.807) is 12.1 Å². The number of nitrogens with zero attached hydrogens (tertiary/aromatic N) is 1. The maximum absolute atomic E-state index is 13.0. The van der Waals surface area contributed by atoms with Crippen LogP contribution in [-0.4, -0.2) is 30.7 Å². The molecule has 2 saturated heterocycles. The van der Waals surface area contributed by atoms with Gasteiger partial charge < -0.3 is 4.74 Å². The summed E-state index contributed by atoms with van der Waals surface area (Å²) < 4.78 is 18.9. The summed E-state index contributed by atoms with van der Waals surface area (Å²) in [5, 5.41) is 0. The van der Waals surface area contributed by atoms with Crippen LogP contribution in [0.3, 0.4) is 0 Å². The quantitative estimate of drug-likeness (QED) is 0.827. The first kappa shape index (κ1) is 13.1. The summed E-state index contributed by atoms with van der Waals surface area (Å²) >= 11 is 0. The van der Waals surface area contributed by atoms with Gasteiger partial charge in [-0.05, 0) is 56.3 Å². The van der Waals surface area contributed by atoms with Crippen LogP contribution in [0.25, 0.3) is 0 Å². The van der Waals surface area contributed by atoms with Crippen LogP contribution in [-0.2, 0) is 4.74 Å². The third-order valence-electron chi connectivity index (χ3n) is 4.33. The molecule has 3 heteroatoms. The average molecular weight is 263 g/mol. The van der Waals surface area contributed by atoms with Gasteiger partial charge in [-0.1, -0.05) is 12.1 Å². The zero-order chi connectivity index (χ0) is 13.1. The fourth-order valence-electron chi connectivity index (χ4n) is 3.32. The molecule has 2 aliphatic heterocycles. The molecule has 0 radical (unpaired) electrons. The van der Waals surface area contributed by atoms with Crippen molar-refractivity contribution in [2.24, 2.45) is 0 Å². The topological polar surface area (TPSA) is 12.5 Å². The number of rotatable bonds is 3. The average Bonchev–Trinajstić information content (AvgIpc) is 2.89. The van der Waals surface area contributed by atoms with Gasteiger partial charge >= 0.3 is 0 Å². The van der Waals surface area contributed by atoms with E-state index in [1.807, 2.05) is 12.1 Å². The Kier molecular flexibility index (Phi) is 4.14. The third kappa shape index (κ3) is 3.15. The minimum atomic E-state index is -0.149. The standard InChI is InChI=1S/C16H22FNO/c17-14-8-6-13(7-9-14)16-5-3-10-18(16)12-15-4-1-2-11-19-15/h6-9,15-16H,1-5,10-12H2. The number of hydrogen-bond acceptors (Lipinski definition) is 2. The molecule has 2 atom stereocenters. The Morgan fingerprint density at radius 3 is 2.68 bits per heavy atom. The highest BCUT2D eigenvalue weighted by Gasteiger charge is 2.28. The summed E-state index contributed by atoms with van der Waals surface area (Å²) in [6.45, 7) is 3.09.